The molecule has 6 nitrogen and oxygen atoms in total. The molecule has 1 aromatic carbocycles. The Hall–Kier alpha value is -1.44. The van der Waals surface area contributed by atoms with Gasteiger partial charge in [0.1, 0.15) is 0 Å². The number of carbonyl (C=O) groups is 1. The number of sulfonamides is 1. The molecule has 0 unspecified atom stereocenters. The fourth-order valence-corrected chi connectivity index (χ4v) is 5.33. The summed E-state index contributed by atoms with van der Waals surface area (Å²) in [6.45, 7) is 7.68. The van der Waals surface area contributed by atoms with E-state index in [4.69, 9.17) is 0 Å². The van der Waals surface area contributed by atoms with Crippen LogP contribution in [0.5, 0.6) is 0 Å². The predicted octanol–water partition coefficient (Wildman–Crippen LogP) is 1.54. The summed E-state index contributed by atoms with van der Waals surface area (Å²) in [6.07, 6.45) is 2.29. The molecule has 0 spiro atoms. The second-order valence-corrected chi connectivity index (χ2v) is 8.77. The Bertz CT molecular complexity index is 706. The number of hydrogen-bond donors (Lipinski definition) is 1. The minimum atomic E-state index is -3.48. The van der Waals surface area contributed by atoms with Gasteiger partial charge < -0.3 is 10.2 Å². The number of fused-ring (bicyclic) bond motifs is 3. The number of amides is 1. The highest BCUT2D eigenvalue weighted by Gasteiger charge is 2.35. The first-order chi connectivity index (χ1) is 12.0. The molecule has 3 saturated heterocycles. The van der Waals surface area contributed by atoms with Crippen LogP contribution in [0.25, 0.3) is 0 Å². The van der Waals surface area contributed by atoms with Gasteiger partial charge in [0.15, 0.2) is 0 Å². The van der Waals surface area contributed by atoms with E-state index < -0.39 is 10.0 Å². The predicted molar refractivity (Wildman–Crippen MR) is 97.0 cm³/mol. The maximum absolute atomic E-state index is 12.5. The van der Waals surface area contributed by atoms with E-state index in [1.165, 1.54) is 16.4 Å². The Morgan fingerprint density at radius 2 is 1.76 bits per heavy atom. The number of carbonyl (C=O) groups excluding carboxylic acids is 1. The van der Waals surface area contributed by atoms with Crippen LogP contribution < -0.4 is 5.32 Å². The fourth-order valence-electron chi connectivity index (χ4n) is 3.87. The maximum Gasteiger partial charge on any atom is 0.251 e. The van der Waals surface area contributed by atoms with Crippen LogP contribution in [0.4, 0.5) is 0 Å². The van der Waals surface area contributed by atoms with Crippen LogP contribution in [0.15, 0.2) is 29.2 Å². The number of benzene rings is 1. The van der Waals surface area contributed by atoms with E-state index in [1.807, 2.05) is 13.8 Å². The third-order valence-corrected chi connectivity index (χ3v) is 7.50. The number of piperidine rings is 3. The van der Waals surface area contributed by atoms with Crippen molar-refractivity contribution >= 4 is 15.9 Å². The Kier molecular flexibility index (Phi) is 5.46. The van der Waals surface area contributed by atoms with Crippen LogP contribution >= 0.6 is 0 Å². The summed E-state index contributed by atoms with van der Waals surface area (Å²) in [4.78, 5) is 15.1. The smallest absolute Gasteiger partial charge is 0.251 e. The lowest BCUT2D eigenvalue weighted by atomic mass is 9.84. The van der Waals surface area contributed by atoms with Gasteiger partial charge in [-0.15, -0.1) is 0 Å². The van der Waals surface area contributed by atoms with Gasteiger partial charge in [0.25, 0.3) is 5.91 Å². The van der Waals surface area contributed by atoms with Gasteiger partial charge in [-0.2, -0.15) is 4.31 Å². The largest absolute Gasteiger partial charge is 0.348 e. The minimum Gasteiger partial charge on any atom is -0.348 e. The van der Waals surface area contributed by atoms with Gasteiger partial charge in [0.2, 0.25) is 10.0 Å². The second kappa shape index (κ2) is 7.43. The molecule has 0 saturated carbocycles. The lowest BCUT2D eigenvalue weighted by molar-refractivity contribution is 0.0620. The molecule has 1 amide bonds. The molecule has 7 heteroatoms. The van der Waals surface area contributed by atoms with E-state index in [9.17, 15) is 13.2 Å². The van der Waals surface area contributed by atoms with Crippen molar-refractivity contribution in [3.05, 3.63) is 29.8 Å². The number of nitrogens with zero attached hydrogens (tertiary/aromatic N) is 2. The normalized spacial score (nSPS) is 26.0. The first kappa shape index (κ1) is 18.4. The van der Waals surface area contributed by atoms with Crippen molar-refractivity contribution in [1.82, 2.24) is 14.5 Å². The maximum atomic E-state index is 12.5. The summed E-state index contributed by atoms with van der Waals surface area (Å²) in [5.74, 6) is 0.446. The molecule has 0 aromatic heterocycles. The Morgan fingerprint density at radius 3 is 2.24 bits per heavy atom. The third kappa shape index (κ3) is 3.73. The lowest BCUT2D eigenvalue weighted by Gasteiger charge is -2.44. The van der Waals surface area contributed by atoms with Gasteiger partial charge in [-0.05, 0) is 56.1 Å². The van der Waals surface area contributed by atoms with Crippen molar-refractivity contribution in [3.63, 3.8) is 0 Å². The summed E-state index contributed by atoms with van der Waals surface area (Å²) in [6, 6.07) is 6.47. The summed E-state index contributed by atoms with van der Waals surface area (Å²) in [5, 5.41) is 3.13. The van der Waals surface area contributed by atoms with Crippen molar-refractivity contribution in [2.75, 3.05) is 32.7 Å². The van der Waals surface area contributed by atoms with E-state index in [1.54, 1.807) is 12.1 Å². The van der Waals surface area contributed by atoms with Gasteiger partial charge in [-0.3, -0.25) is 4.79 Å². The van der Waals surface area contributed by atoms with E-state index in [0.717, 1.165) is 32.5 Å². The van der Waals surface area contributed by atoms with Gasteiger partial charge >= 0.3 is 0 Å². The molecule has 3 heterocycles. The van der Waals surface area contributed by atoms with E-state index in [2.05, 4.69) is 10.2 Å². The SMILES string of the molecule is CCN(CC)S(=O)(=O)c1ccc(C(=O)N[C@H]2CN3CCC2CC3)cc1. The van der Waals surface area contributed by atoms with Gasteiger partial charge in [-0.25, -0.2) is 8.42 Å². The zero-order valence-corrected chi connectivity index (χ0v) is 15.8. The van der Waals surface area contributed by atoms with Gasteiger partial charge in [0.05, 0.1) is 4.90 Å². The summed E-state index contributed by atoms with van der Waals surface area (Å²) in [5.41, 5.74) is 0.509. The monoisotopic (exact) mass is 365 g/mol. The van der Waals surface area contributed by atoms with Crippen molar-refractivity contribution in [3.8, 4) is 0 Å². The molecule has 2 bridgehead atoms. The summed E-state index contributed by atoms with van der Waals surface area (Å²) >= 11 is 0. The van der Waals surface area contributed by atoms with Crippen LogP contribution in [-0.4, -0.2) is 62.3 Å². The molecular formula is C18H27N3O3S. The molecule has 0 aliphatic carbocycles. The van der Waals surface area contributed by atoms with Crippen molar-refractivity contribution in [2.45, 2.75) is 37.6 Å². The molecule has 138 valence electrons. The second-order valence-electron chi connectivity index (χ2n) is 6.83. The minimum absolute atomic E-state index is 0.120. The molecule has 3 aliphatic heterocycles. The Balaban J connectivity index is 1.69. The average Bonchev–Trinajstić information content (AvgIpc) is 2.63. The molecule has 3 aliphatic rings. The molecule has 25 heavy (non-hydrogen) atoms. The van der Waals surface area contributed by atoms with Crippen LogP contribution in [0, 0.1) is 5.92 Å². The van der Waals surface area contributed by atoms with Crippen LogP contribution in [-0.2, 0) is 10.0 Å². The van der Waals surface area contributed by atoms with Gasteiger partial charge in [0, 0.05) is 31.2 Å². The Morgan fingerprint density at radius 1 is 1.16 bits per heavy atom. The fraction of sp³-hybridized carbons (Fsp3) is 0.611. The molecule has 1 aromatic rings. The highest BCUT2D eigenvalue weighted by Crippen LogP contribution is 2.27. The molecule has 1 N–H and O–H groups in total. The topological polar surface area (TPSA) is 69.7 Å². The van der Waals surface area contributed by atoms with Crippen LogP contribution in [0.2, 0.25) is 0 Å². The van der Waals surface area contributed by atoms with Crippen molar-refractivity contribution in [1.29, 1.82) is 0 Å². The molecular weight excluding hydrogens is 338 g/mol. The van der Waals surface area contributed by atoms with E-state index in [-0.39, 0.29) is 16.8 Å². The number of nitrogens with one attached hydrogen (secondary N) is 1. The molecule has 1 atom stereocenters. The standard InChI is InChI=1S/C18H27N3O3S/c1-3-21(4-2)25(23,24)16-7-5-15(6-8-16)18(22)19-17-13-20-11-9-14(17)10-12-20/h5-8,14,17H,3-4,9-13H2,1-2H3,(H,19,22)/t17-/m0/s1. The highest BCUT2D eigenvalue weighted by molar-refractivity contribution is 7.89. The average molecular weight is 365 g/mol. The van der Waals surface area contributed by atoms with Crippen molar-refractivity contribution in [2.24, 2.45) is 5.92 Å². The summed E-state index contributed by atoms with van der Waals surface area (Å²) < 4.78 is 26.4. The first-order valence-corrected chi connectivity index (χ1v) is 10.5. The van der Waals surface area contributed by atoms with E-state index in [0.29, 0.717) is 24.6 Å². The number of rotatable bonds is 6. The van der Waals surface area contributed by atoms with E-state index >= 15 is 0 Å². The zero-order valence-electron chi connectivity index (χ0n) is 14.9. The quantitative estimate of drug-likeness (QED) is 0.830. The first-order valence-electron chi connectivity index (χ1n) is 9.09. The number of hydrogen-bond acceptors (Lipinski definition) is 4. The van der Waals surface area contributed by atoms with Crippen LogP contribution in [0.3, 0.4) is 0 Å². The van der Waals surface area contributed by atoms with Crippen LogP contribution in [0.1, 0.15) is 37.0 Å². The zero-order chi connectivity index (χ0) is 18.0. The van der Waals surface area contributed by atoms with Gasteiger partial charge in [-0.1, -0.05) is 13.8 Å². The Labute approximate surface area is 150 Å². The molecule has 3 fully saturated rings. The molecule has 4 rings (SSSR count). The van der Waals surface area contributed by atoms with Crippen molar-refractivity contribution < 1.29 is 13.2 Å². The molecule has 0 radical (unpaired) electrons. The lowest BCUT2D eigenvalue weighted by Crippen LogP contribution is -2.57. The third-order valence-electron chi connectivity index (χ3n) is 5.43. The highest BCUT2D eigenvalue weighted by atomic mass is 32.2. The summed E-state index contributed by atoms with van der Waals surface area (Å²) in [7, 11) is -3.48.